The largest absolute Gasteiger partial charge is 0.280 e. The van der Waals surface area contributed by atoms with Gasteiger partial charge in [-0.25, -0.2) is 0 Å². The van der Waals surface area contributed by atoms with Crippen molar-refractivity contribution in [2.45, 2.75) is 26.3 Å². The predicted molar refractivity (Wildman–Crippen MR) is 49.0 cm³/mol. The first-order valence-electron chi connectivity index (χ1n) is 3.63. The van der Waals surface area contributed by atoms with Crippen molar-refractivity contribution in [2.75, 3.05) is 13.6 Å². The van der Waals surface area contributed by atoms with Gasteiger partial charge in [0.05, 0.1) is 12.1 Å². The normalized spacial score (nSPS) is 10.2. The van der Waals surface area contributed by atoms with E-state index in [9.17, 15) is 0 Å². The van der Waals surface area contributed by atoms with Crippen molar-refractivity contribution in [1.29, 1.82) is 0 Å². The summed E-state index contributed by atoms with van der Waals surface area (Å²) in [4.78, 5) is 2.05. The van der Waals surface area contributed by atoms with Crippen LogP contribution in [0.5, 0.6) is 0 Å². The third-order valence-electron chi connectivity index (χ3n) is 1.80. The monoisotopic (exact) mass is 149 g/mol. The van der Waals surface area contributed by atoms with Gasteiger partial charge in [0.25, 0.3) is 0 Å². The van der Waals surface area contributed by atoms with E-state index in [0.29, 0.717) is 0 Å². The molecule has 0 aromatic heterocycles. The molecule has 0 radical (unpaired) electrons. The van der Waals surface area contributed by atoms with Crippen LogP contribution in [0.4, 0.5) is 0 Å². The lowest BCUT2D eigenvalue weighted by atomic mass is 10.1. The van der Waals surface area contributed by atoms with Crippen LogP contribution >= 0.6 is 0 Å². The van der Waals surface area contributed by atoms with Gasteiger partial charge >= 0.3 is 0 Å². The van der Waals surface area contributed by atoms with Gasteiger partial charge in [-0.05, 0) is 27.8 Å². The molecule has 60 valence electrons. The van der Waals surface area contributed by atoms with Gasteiger partial charge in [-0.15, -0.1) is 12.3 Å². The van der Waals surface area contributed by atoms with E-state index in [0.717, 1.165) is 6.54 Å². The molecule has 0 saturated heterocycles. The third-order valence-corrected chi connectivity index (χ3v) is 1.80. The molecule has 0 N–H and O–H groups in total. The average molecular weight is 149 g/mol. The van der Waals surface area contributed by atoms with Crippen LogP contribution in [0.1, 0.15) is 20.8 Å². The maximum Gasteiger partial charge on any atom is 0.0771 e. The van der Waals surface area contributed by atoms with Gasteiger partial charge < -0.3 is 0 Å². The fourth-order valence-electron chi connectivity index (χ4n) is 0.505. The Labute approximate surface area is 69.8 Å². The van der Waals surface area contributed by atoms with Gasteiger partial charge in [0, 0.05) is 0 Å². The molecule has 0 aliphatic rings. The van der Waals surface area contributed by atoms with E-state index in [1.807, 2.05) is 32.7 Å². The Bertz CT molecular complexity index is 209. The molecule has 11 heavy (non-hydrogen) atoms. The van der Waals surface area contributed by atoms with Gasteiger partial charge in [-0.2, -0.15) is 0 Å². The smallest absolute Gasteiger partial charge is 0.0771 e. The molecule has 0 atom stereocenters. The van der Waals surface area contributed by atoms with E-state index < -0.39 is 0 Å². The molecule has 0 aromatic carbocycles. The van der Waals surface area contributed by atoms with Crippen LogP contribution in [0.2, 0.25) is 0 Å². The summed E-state index contributed by atoms with van der Waals surface area (Å²) in [5.41, 5.74) is -0.191. The summed E-state index contributed by atoms with van der Waals surface area (Å²) in [5, 5.41) is 0. The van der Waals surface area contributed by atoms with Crippen LogP contribution in [-0.2, 0) is 0 Å². The molecule has 0 fully saturated rings. The first kappa shape index (κ1) is 10.1. The summed E-state index contributed by atoms with van der Waals surface area (Å²) in [5.74, 6) is 8.51. The molecule has 0 unspecified atom stereocenters. The van der Waals surface area contributed by atoms with Crippen molar-refractivity contribution in [3.8, 4) is 24.2 Å². The molecule has 0 bridgehead atoms. The van der Waals surface area contributed by atoms with Crippen LogP contribution in [0, 0.1) is 24.2 Å². The zero-order valence-corrected chi connectivity index (χ0v) is 7.73. The zero-order chi connectivity index (χ0) is 8.91. The summed E-state index contributed by atoms with van der Waals surface area (Å²) < 4.78 is 0. The Kier molecular flexibility index (Phi) is 3.72. The second-order valence-corrected chi connectivity index (χ2v) is 2.99. The minimum absolute atomic E-state index is 0.191. The number of rotatable bonds is 2. The Morgan fingerprint density at radius 2 is 2.00 bits per heavy atom. The number of hydrogen-bond acceptors (Lipinski definition) is 1. The maximum absolute atomic E-state index is 5.34. The Morgan fingerprint density at radius 3 is 2.36 bits per heavy atom. The summed E-state index contributed by atoms with van der Waals surface area (Å²) in [6.45, 7) is 6.57. The SMILES string of the molecule is C#CC(C)(C)N(C)CC#CC. The molecular formula is C10H15N. The van der Waals surface area contributed by atoms with Gasteiger partial charge in [0.15, 0.2) is 0 Å². The van der Waals surface area contributed by atoms with E-state index in [1.54, 1.807) is 0 Å². The summed E-state index contributed by atoms with van der Waals surface area (Å²) in [7, 11) is 1.98. The molecule has 0 aliphatic heterocycles. The van der Waals surface area contributed by atoms with Crippen molar-refractivity contribution in [2.24, 2.45) is 0 Å². The molecule has 1 nitrogen and oxygen atoms in total. The van der Waals surface area contributed by atoms with Crippen molar-refractivity contribution in [3.05, 3.63) is 0 Å². The second kappa shape index (κ2) is 4.06. The Balaban J connectivity index is 4.11. The summed E-state index contributed by atoms with van der Waals surface area (Å²) in [6, 6.07) is 0. The van der Waals surface area contributed by atoms with Crippen LogP contribution in [0.3, 0.4) is 0 Å². The zero-order valence-electron chi connectivity index (χ0n) is 7.73. The highest BCUT2D eigenvalue weighted by Gasteiger charge is 2.18. The summed E-state index contributed by atoms with van der Waals surface area (Å²) in [6.07, 6.45) is 5.34. The topological polar surface area (TPSA) is 3.24 Å². The second-order valence-electron chi connectivity index (χ2n) is 2.99. The lowest BCUT2D eigenvalue weighted by Gasteiger charge is -2.28. The molecule has 0 amide bonds. The van der Waals surface area contributed by atoms with Gasteiger partial charge in [-0.1, -0.05) is 11.8 Å². The van der Waals surface area contributed by atoms with E-state index in [-0.39, 0.29) is 5.54 Å². The molecular weight excluding hydrogens is 134 g/mol. The standard InChI is InChI=1S/C10H15N/c1-6-8-9-11(5)10(3,4)7-2/h2H,9H2,1,3-5H3. The van der Waals surface area contributed by atoms with Gasteiger partial charge in [0.1, 0.15) is 0 Å². The van der Waals surface area contributed by atoms with Crippen LogP contribution in [0.25, 0.3) is 0 Å². The number of nitrogens with zero attached hydrogens (tertiary/aromatic N) is 1. The quantitative estimate of drug-likeness (QED) is 0.536. The van der Waals surface area contributed by atoms with E-state index >= 15 is 0 Å². The highest BCUT2D eigenvalue weighted by Crippen LogP contribution is 2.08. The molecule has 0 saturated carbocycles. The minimum atomic E-state index is -0.191. The van der Waals surface area contributed by atoms with Crippen molar-refractivity contribution >= 4 is 0 Å². The molecule has 0 aromatic rings. The fraction of sp³-hybridized carbons (Fsp3) is 0.600. The van der Waals surface area contributed by atoms with E-state index in [2.05, 4.69) is 17.8 Å². The average Bonchev–Trinajstić information content (AvgIpc) is 2.00. The highest BCUT2D eigenvalue weighted by atomic mass is 15.1. The van der Waals surface area contributed by atoms with Crippen LogP contribution in [0.15, 0.2) is 0 Å². The highest BCUT2D eigenvalue weighted by molar-refractivity contribution is 5.10. The Hall–Kier alpha value is -0.920. The van der Waals surface area contributed by atoms with Crippen LogP contribution in [-0.4, -0.2) is 24.0 Å². The fourth-order valence-corrected chi connectivity index (χ4v) is 0.505. The van der Waals surface area contributed by atoms with Crippen molar-refractivity contribution in [3.63, 3.8) is 0 Å². The molecule has 0 rings (SSSR count). The maximum atomic E-state index is 5.34. The first-order valence-corrected chi connectivity index (χ1v) is 3.63. The van der Waals surface area contributed by atoms with Crippen LogP contribution < -0.4 is 0 Å². The minimum Gasteiger partial charge on any atom is -0.280 e. The lowest BCUT2D eigenvalue weighted by molar-refractivity contribution is 0.241. The van der Waals surface area contributed by atoms with Gasteiger partial charge in [0.2, 0.25) is 0 Å². The van der Waals surface area contributed by atoms with E-state index in [1.165, 1.54) is 0 Å². The van der Waals surface area contributed by atoms with E-state index in [4.69, 9.17) is 6.42 Å². The lowest BCUT2D eigenvalue weighted by Crippen LogP contribution is -2.39. The number of terminal acetylenes is 1. The van der Waals surface area contributed by atoms with Crippen molar-refractivity contribution in [1.82, 2.24) is 4.90 Å². The Morgan fingerprint density at radius 1 is 1.45 bits per heavy atom. The first-order chi connectivity index (χ1) is 5.04. The summed E-state index contributed by atoms with van der Waals surface area (Å²) >= 11 is 0. The molecule has 0 spiro atoms. The molecule has 1 heteroatoms. The molecule has 0 heterocycles. The molecule has 0 aliphatic carbocycles. The predicted octanol–water partition coefficient (Wildman–Crippen LogP) is 1.35. The number of hydrogen-bond donors (Lipinski definition) is 0. The van der Waals surface area contributed by atoms with Gasteiger partial charge in [-0.3, -0.25) is 4.90 Å². The van der Waals surface area contributed by atoms with Crippen molar-refractivity contribution < 1.29 is 0 Å². The third kappa shape index (κ3) is 3.12.